The van der Waals surface area contributed by atoms with Gasteiger partial charge in [-0.05, 0) is 36.4 Å². The number of rotatable bonds is 7. The topological polar surface area (TPSA) is 141 Å². The van der Waals surface area contributed by atoms with E-state index in [1.165, 1.54) is 18.3 Å². The molecule has 0 spiro atoms. The van der Waals surface area contributed by atoms with Crippen LogP contribution >= 0.6 is 0 Å². The van der Waals surface area contributed by atoms with Crippen LogP contribution in [0.2, 0.25) is 0 Å². The first-order valence-corrected chi connectivity index (χ1v) is 9.38. The molecule has 13 heteroatoms. The molecule has 1 aromatic carbocycles. The Labute approximate surface area is 185 Å². The molecule has 3 aromatic rings. The van der Waals surface area contributed by atoms with Gasteiger partial charge < -0.3 is 21.1 Å². The van der Waals surface area contributed by atoms with Crippen molar-refractivity contribution in [3.63, 3.8) is 0 Å². The summed E-state index contributed by atoms with van der Waals surface area (Å²) in [5.74, 6) is -0.163. The molecule has 0 atom stereocenters. The second-order valence-corrected chi connectivity index (χ2v) is 6.56. The lowest BCUT2D eigenvalue weighted by molar-refractivity contribution is -0.137. The first-order chi connectivity index (χ1) is 15.7. The first kappa shape index (κ1) is 23.2. The number of halogens is 3. The van der Waals surface area contributed by atoms with Gasteiger partial charge in [-0.25, -0.2) is 19.7 Å². The van der Waals surface area contributed by atoms with Gasteiger partial charge in [-0.1, -0.05) is 0 Å². The second-order valence-electron chi connectivity index (χ2n) is 6.56. The van der Waals surface area contributed by atoms with Crippen molar-refractivity contribution < 1.29 is 27.9 Å². The molecule has 10 nitrogen and oxygen atoms in total. The van der Waals surface area contributed by atoms with Crippen LogP contribution in [0.4, 0.5) is 41.1 Å². The smallest absolute Gasteiger partial charge is 0.416 e. The van der Waals surface area contributed by atoms with E-state index in [0.29, 0.717) is 23.8 Å². The van der Waals surface area contributed by atoms with Crippen LogP contribution in [0.5, 0.6) is 0 Å². The summed E-state index contributed by atoms with van der Waals surface area (Å²) in [5, 5.41) is 18.8. The minimum Gasteiger partial charge on any atom is -0.465 e. The highest BCUT2D eigenvalue weighted by Gasteiger charge is 2.31. The van der Waals surface area contributed by atoms with E-state index in [4.69, 9.17) is 5.11 Å². The number of alkyl halides is 3. The van der Waals surface area contributed by atoms with E-state index < -0.39 is 23.7 Å². The maximum Gasteiger partial charge on any atom is 0.416 e. The van der Waals surface area contributed by atoms with E-state index in [1.54, 1.807) is 19.3 Å². The quantitative estimate of drug-likeness (QED) is 0.357. The van der Waals surface area contributed by atoms with Crippen LogP contribution in [0.1, 0.15) is 21.6 Å². The number of nitrogens with zero attached hydrogens (tertiary/aromatic N) is 3. The lowest BCUT2D eigenvalue weighted by Crippen LogP contribution is -2.17. The number of hydrogen-bond acceptors (Lipinski definition) is 7. The number of benzene rings is 1. The molecule has 2 aromatic heterocycles. The Morgan fingerprint density at radius 3 is 2.42 bits per heavy atom. The highest BCUT2D eigenvalue weighted by molar-refractivity contribution is 6.07. The fourth-order valence-electron chi connectivity index (χ4n) is 2.78. The predicted octanol–water partition coefficient (Wildman–Crippen LogP) is 3.89. The number of anilines is 4. The van der Waals surface area contributed by atoms with Gasteiger partial charge in [0.2, 0.25) is 5.95 Å². The number of carboxylic acid groups (broad SMARTS) is 1. The number of carbonyl (C=O) groups is 2. The summed E-state index contributed by atoms with van der Waals surface area (Å²) in [6, 6.07) is 7.00. The van der Waals surface area contributed by atoms with E-state index in [0.717, 1.165) is 6.07 Å². The molecule has 0 saturated heterocycles. The Morgan fingerprint density at radius 1 is 1.03 bits per heavy atom. The molecule has 0 aliphatic carbocycles. The summed E-state index contributed by atoms with van der Waals surface area (Å²) in [5.41, 5.74) is -1.05. The molecule has 2 amide bonds. The molecule has 5 N–H and O–H groups in total. The van der Waals surface area contributed by atoms with Crippen LogP contribution in [0, 0.1) is 0 Å². The molecule has 0 aliphatic rings. The Kier molecular flexibility index (Phi) is 6.91. The van der Waals surface area contributed by atoms with Gasteiger partial charge >= 0.3 is 12.3 Å². The lowest BCUT2D eigenvalue weighted by atomic mass is 10.1. The maximum atomic E-state index is 13.2. The van der Waals surface area contributed by atoms with Crippen molar-refractivity contribution in [1.82, 2.24) is 15.0 Å². The summed E-state index contributed by atoms with van der Waals surface area (Å²) in [6.07, 6.45) is -3.30. The van der Waals surface area contributed by atoms with E-state index in [1.807, 2.05) is 5.32 Å². The van der Waals surface area contributed by atoms with Crippen LogP contribution in [0.3, 0.4) is 0 Å². The number of aromatic nitrogens is 3. The van der Waals surface area contributed by atoms with Gasteiger partial charge in [0.15, 0.2) is 0 Å². The van der Waals surface area contributed by atoms with Gasteiger partial charge in [0.05, 0.1) is 23.4 Å². The third-order valence-corrected chi connectivity index (χ3v) is 4.20. The highest BCUT2D eigenvalue weighted by atomic mass is 19.4. The van der Waals surface area contributed by atoms with E-state index >= 15 is 0 Å². The van der Waals surface area contributed by atoms with Crippen molar-refractivity contribution in [2.75, 3.05) is 28.3 Å². The molecule has 33 heavy (non-hydrogen) atoms. The third-order valence-electron chi connectivity index (χ3n) is 4.20. The van der Waals surface area contributed by atoms with Crippen LogP contribution in [-0.2, 0) is 12.7 Å². The molecule has 0 radical (unpaired) electrons. The van der Waals surface area contributed by atoms with Gasteiger partial charge in [-0.2, -0.15) is 13.2 Å². The second kappa shape index (κ2) is 9.80. The van der Waals surface area contributed by atoms with Crippen LogP contribution in [0.15, 0.2) is 48.8 Å². The zero-order valence-electron chi connectivity index (χ0n) is 17.1. The summed E-state index contributed by atoms with van der Waals surface area (Å²) in [6.45, 7) is 0.199. The molecule has 2 heterocycles. The zero-order chi connectivity index (χ0) is 24.0. The van der Waals surface area contributed by atoms with Crippen molar-refractivity contribution in [3.05, 3.63) is 65.6 Å². The van der Waals surface area contributed by atoms with E-state index in [9.17, 15) is 22.8 Å². The molecular formula is C20H18F3N7O3. The maximum absolute atomic E-state index is 13.2. The fourth-order valence-corrected chi connectivity index (χ4v) is 2.78. The Balaban J connectivity index is 1.82. The summed E-state index contributed by atoms with van der Waals surface area (Å²) >= 11 is 0. The van der Waals surface area contributed by atoms with Crippen molar-refractivity contribution in [2.24, 2.45) is 0 Å². The SMILES string of the molecule is CNc1nccc(CNc2ncccc2C(=O)Nc2cc(NC(=O)O)cc(C(F)(F)F)c2)n1. The van der Waals surface area contributed by atoms with E-state index in [-0.39, 0.29) is 29.3 Å². The monoisotopic (exact) mass is 461 g/mol. The molecule has 172 valence electrons. The fraction of sp³-hybridized carbons (Fsp3) is 0.150. The molecule has 0 unspecified atom stereocenters. The van der Waals surface area contributed by atoms with Crippen molar-refractivity contribution in [1.29, 1.82) is 0 Å². The number of carbonyl (C=O) groups excluding carboxylic acids is 1. The van der Waals surface area contributed by atoms with Crippen molar-refractivity contribution >= 4 is 35.1 Å². The number of nitrogens with one attached hydrogen (secondary N) is 4. The van der Waals surface area contributed by atoms with Crippen LogP contribution in [0.25, 0.3) is 0 Å². The molecule has 3 rings (SSSR count). The number of hydrogen-bond donors (Lipinski definition) is 5. The van der Waals surface area contributed by atoms with Gasteiger partial charge in [0.1, 0.15) is 5.82 Å². The van der Waals surface area contributed by atoms with Crippen LogP contribution < -0.4 is 21.3 Å². The van der Waals surface area contributed by atoms with E-state index in [2.05, 4.69) is 30.9 Å². The summed E-state index contributed by atoms with van der Waals surface area (Å²) < 4.78 is 39.6. The summed E-state index contributed by atoms with van der Waals surface area (Å²) in [4.78, 5) is 36.0. The average Bonchev–Trinajstić information content (AvgIpc) is 2.76. The molecule has 0 aliphatic heterocycles. The zero-order valence-corrected chi connectivity index (χ0v) is 17.1. The minimum atomic E-state index is -4.75. The van der Waals surface area contributed by atoms with Crippen molar-refractivity contribution in [2.45, 2.75) is 12.7 Å². The Bertz CT molecular complexity index is 1170. The first-order valence-electron chi connectivity index (χ1n) is 9.38. The van der Waals surface area contributed by atoms with Gasteiger partial charge in [0, 0.05) is 30.8 Å². The predicted molar refractivity (Wildman–Crippen MR) is 114 cm³/mol. The Hall–Kier alpha value is -4.42. The molecule has 0 bridgehead atoms. The van der Waals surface area contributed by atoms with Gasteiger partial charge in [0.25, 0.3) is 5.91 Å². The lowest BCUT2D eigenvalue weighted by Gasteiger charge is -2.14. The number of amides is 2. The van der Waals surface area contributed by atoms with Crippen LogP contribution in [-0.4, -0.2) is 39.1 Å². The highest BCUT2D eigenvalue weighted by Crippen LogP contribution is 2.33. The van der Waals surface area contributed by atoms with Crippen molar-refractivity contribution in [3.8, 4) is 0 Å². The largest absolute Gasteiger partial charge is 0.465 e. The average molecular weight is 461 g/mol. The third kappa shape index (κ3) is 6.29. The molecule has 0 fully saturated rings. The molecule has 0 saturated carbocycles. The Morgan fingerprint density at radius 2 is 1.76 bits per heavy atom. The van der Waals surface area contributed by atoms with Gasteiger partial charge in [-0.15, -0.1) is 0 Å². The standard InChI is InChI=1S/C20H18F3N7O3/c1-24-18-26-6-4-12(29-18)10-27-16-15(3-2-5-25-16)17(31)28-13-7-11(20(21,22)23)8-14(9-13)30-19(32)33/h2-9,30H,10H2,1H3,(H,25,27)(H,28,31)(H,32,33)(H,24,26,29). The molecular weight excluding hydrogens is 443 g/mol. The van der Waals surface area contributed by atoms with Gasteiger partial charge in [-0.3, -0.25) is 10.1 Å². The number of pyridine rings is 1. The normalized spacial score (nSPS) is 10.9. The minimum absolute atomic E-state index is 0.0607. The summed E-state index contributed by atoms with van der Waals surface area (Å²) in [7, 11) is 1.67.